The predicted molar refractivity (Wildman–Crippen MR) is 298 cm³/mol. The van der Waals surface area contributed by atoms with Crippen molar-refractivity contribution in [3.05, 3.63) is 95.3 Å². The highest BCUT2D eigenvalue weighted by Crippen LogP contribution is 2.38. The number of amides is 4. The molecular weight excluding hydrogens is 1030 g/mol. The minimum absolute atomic E-state index is 0.0235. The number of aryl methyl sites for hydroxylation is 1. The number of aldehydes is 1. The van der Waals surface area contributed by atoms with Gasteiger partial charge in [0.2, 0.25) is 17.7 Å². The number of anilines is 3. The number of benzene rings is 2. The van der Waals surface area contributed by atoms with Gasteiger partial charge >= 0.3 is 0 Å². The molecule has 3 aromatic heterocycles. The average molecular weight is 1100 g/mol. The minimum atomic E-state index is -3.88. The van der Waals surface area contributed by atoms with Crippen LogP contribution in [0.4, 0.5) is 17.5 Å². The third kappa shape index (κ3) is 12.0. The molecule has 0 bridgehead atoms. The van der Waals surface area contributed by atoms with Gasteiger partial charge in [0.25, 0.3) is 5.91 Å². The van der Waals surface area contributed by atoms with E-state index in [2.05, 4.69) is 66.5 Å². The summed E-state index contributed by atoms with van der Waals surface area (Å²) in [5.74, 6) is -0.238. The second kappa shape index (κ2) is 23.5. The van der Waals surface area contributed by atoms with Gasteiger partial charge in [-0.15, -0.1) is 0 Å². The molecular formula is C56H72N14O8S. The summed E-state index contributed by atoms with van der Waals surface area (Å²) in [5, 5.41) is 22.9. The van der Waals surface area contributed by atoms with Crippen LogP contribution in [0.5, 0.6) is 5.75 Å². The molecule has 1 saturated carbocycles. The van der Waals surface area contributed by atoms with Crippen LogP contribution in [-0.4, -0.2) is 160 Å². The molecule has 0 radical (unpaired) electrons. The van der Waals surface area contributed by atoms with Crippen LogP contribution in [0, 0.1) is 19.8 Å². The Kier molecular flexibility index (Phi) is 16.8. The van der Waals surface area contributed by atoms with E-state index >= 15 is 0 Å². The number of carbonyl (C=O) groups is 5. The van der Waals surface area contributed by atoms with Crippen molar-refractivity contribution in [2.45, 2.75) is 126 Å². The Balaban J connectivity index is 0.845. The largest absolute Gasteiger partial charge is 0.491 e. The smallest absolute Gasteiger partial charge is 0.271 e. The van der Waals surface area contributed by atoms with Crippen molar-refractivity contribution in [2.75, 3.05) is 63.1 Å². The van der Waals surface area contributed by atoms with E-state index in [9.17, 15) is 32.4 Å². The number of allylic oxidation sites excluding steroid dienone is 1. The number of aromatic nitrogens is 6. The van der Waals surface area contributed by atoms with Gasteiger partial charge in [-0.2, -0.15) is 5.10 Å². The van der Waals surface area contributed by atoms with Crippen LogP contribution in [0.25, 0.3) is 10.9 Å². The number of carbonyl (C=O) groups excluding carboxylic acids is 5. The zero-order chi connectivity index (χ0) is 56.2. The standard InChI is InChI=1S/C56H72N14O8S/c1-34-35(2)66-67-49(34)64-50-40-27-46(79(76,77)55(4,5)6)45(28-42(40)60-33-61-50)78-25-24-68-20-22-69(23-21-68)47-30-58-43(29-59-47)52(73)62-39-26-44(53(74)65-56(32-71)19-13-17-37-14-11-12-18-41(37)56)70(31-39)54(75)48(38-15-9-8-10-16-38)63-51(72)36(3)57-7/h11-14,18-19,27-30,32-33,36,38-39,44,48,57H,8-10,15-17,20-26,31H2,1-7H3,(H,62,73)(H,63,72)(H,65,74)(H2,60,61,64,66,67)/t36-,39-,44-,48-,56-/m0/s1. The fourth-order valence-corrected chi connectivity index (χ4v) is 12.2. The van der Waals surface area contributed by atoms with E-state index in [0.717, 1.165) is 48.9 Å². The van der Waals surface area contributed by atoms with Gasteiger partial charge in [0, 0.05) is 68.0 Å². The van der Waals surface area contributed by atoms with Crippen LogP contribution in [0.2, 0.25) is 0 Å². The first-order valence-corrected chi connectivity index (χ1v) is 28.7. The van der Waals surface area contributed by atoms with Gasteiger partial charge in [-0.1, -0.05) is 55.7 Å². The number of sulfone groups is 1. The summed E-state index contributed by atoms with van der Waals surface area (Å²) in [5.41, 5.74) is 2.41. The second-order valence-electron chi connectivity index (χ2n) is 22.1. The van der Waals surface area contributed by atoms with Crippen LogP contribution in [-0.2, 0) is 41.0 Å². The Morgan fingerprint density at radius 1 is 0.962 bits per heavy atom. The first-order valence-electron chi connectivity index (χ1n) is 27.2. The summed E-state index contributed by atoms with van der Waals surface area (Å²) in [6, 6.07) is 7.36. The third-order valence-corrected chi connectivity index (χ3v) is 18.5. The van der Waals surface area contributed by atoms with Crippen molar-refractivity contribution in [1.82, 2.24) is 61.2 Å². The Morgan fingerprint density at radius 2 is 1.72 bits per heavy atom. The number of hydrogen-bond acceptors (Lipinski definition) is 17. The Labute approximate surface area is 460 Å². The molecule has 0 unspecified atom stereocenters. The number of nitrogens with one attached hydrogen (secondary N) is 6. The number of rotatable bonds is 18. The SMILES string of the molecule is CN[C@@H](C)C(=O)N[C@H](C(=O)N1C[C@@H](NC(=O)c2cnc(N3CCN(CCOc4cc5ncnc(Nc6n[nH]c(C)c6C)c5cc4S(=O)(=O)C(C)(C)C)CC3)cn2)C[C@H]1C(=O)N[C@]1(C=O)C=CCc2ccccc21)C1CCCCC1. The Hall–Kier alpha value is -7.37. The van der Waals surface area contributed by atoms with Crippen LogP contribution < -0.4 is 36.2 Å². The molecule has 6 N–H and O–H groups in total. The van der Waals surface area contributed by atoms with Crippen molar-refractivity contribution in [3.63, 3.8) is 0 Å². The molecule has 79 heavy (non-hydrogen) atoms. The van der Waals surface area contributed by atoms with Gasteiger partial charge in [0.1, 0.15) is 58.5 Å². The fourth-order valence-electron chi connectivity index (χ4n) is 10.8. The number of nitrogens with zero attached hydrogens (tertiary/aromatic N) is 8. The van der Waals surface area contributed by atoms with E-state index in [1.165, 1.54) is 17.4 Å². The first kappa shape index (κ1) is 56.4. The van der Waals surface area contributed by atoms with Gasteiger partial charge in [-0.3, -0.25) is 34.0 Å². The lowest BCUT2D eigenvalue weighted by Gasteiger charge is -2.36. The number of aromatic amines is 1. The first-order chi connectivity index (χ1) is 37.8. The minimum Gasteiger partial charge on any atom is -0.491 e. The second-order valence-corrected chi connectivity index (χ2v) is 24.8. The molecule has 2 aromatic carbocycles. The lowest BCUT2D eigenvalue weighted by atomic mass is 9.82. The van der Waals surface area contributed by atoms with Gasteiger partial charge in [-0.05, 0) is 97.4 Å². The summed E-state index contributed by atoms with van der Waals surface area (Å²) >= 11 is 0. The van der Waals surface area contributed by atoms with Gasteiger partial charge in [-0.25, -0.2) is 28.4 Å². The monoisotopic (exact) mass is 1100 g/mol. The Morgan fingerprint density at radius 3 is 2.41 bits per heavy atom. The molecule has 5 heterocycles. The maximum atomic E-state index is 14.9. The number of ether oxygens (including phenoxy) is 1. The summed E-state index contributed by atoms with van der Waals surface area (Å²) in [6.45, 7) is 13.7. The molecule has 2 saturated heterocycles. The van der Waals surface area contributed by atoms with Crippen molar-refractivity contribution < 1.29 is 37.1 Å². The van der Waals surface area contributed by atoms with Crippen LogP contribution >= 0.6 is 0 Å². The van der Waals surface area contributed by atoms with Crippen molar-refractivity contribution >= 4 is 68.1 Å². The van der Waals surface area contributed by atoms with Crippen molar-refractivity contribution in [3.8, 4) is 5.75 Å². The summed E-state index contributed by atoms with van der Waals surface area (Å²) in [7, 11) is -2.21. The summed E-state index contributed by atoms with van der Waals surface area (Å²) in [6.07, 6.45) is 13.5. The van der Waals surface area contributed by atoms with E-state index in [0.29, 0.717) is 79.4 Å². The van der Waals surface area contributed by atoms with Gasteiger partial charge < -0.3 is 41.1 Å². The van der Waals surface area contributed by atoms with Crippen LogP contribution in [0.3, 0.4) is 0 Å². The highest BCUT2D eigenvalue weighted by molar-refractivity contribution is 7.92. The zero-order valence-electron chi connectivity index (χ0n) is 46.0. The molecule has 3 fully saturated rings. The number of H-pyrrole nitrogens is 1. The number of fused-ring (bicyclic) bond motifs is 2. The summed E-state index contributed by atoms with van der Waals surface area (Å²) < 4.78 is 33.3. The number of hydrogen-bond donors (Lipinski definition) is 6. The molecule has 2 aliphatic carbocycles. The molecule has 2 aliphatic heterocycles. The molecule has 4 aliphatic rings. The topological polar surface area (TPSA) is 279 Å². The van der Waals surface area contributed by atoms with Crippen LogP contribution in [0.1, 0.15) is 99.1 Å². The molecule has 5 atom stereocenters. The molecule has 420 valence electrons. The lowest BCUT2D eigenvalue weighted by molar-refractivity contribution is -0.143. The molecule has 22 nitrogen and oxygen atoms in total. The van der Waals surface area contributed by atoms with E-state index in [-0.39, 0.29) is 47.7 Å². The highest BCUT2D eigenvalue weighted by atomic mass is 32.2. The summed E-state index contributed by atoms with van der Waals surface area (Å²) in [4.78, 5) is 93.5. The average Bonchev–Trinajstić information content (AvgIpc) is 4.04. The van der Waals surface area contributed by atoms with Gasteiger partial charge in [0.05, 0.1) is 28.7 Å². The lowest BCUT2D eigenvalue weighted by Crippen LogP contribution is -2.59. The van der Waals surface area contributed by atoms with Crippen molar-refractivity contribution in [1.29, 1.82) is 0 Å². The molecule has 4 amide bonds. The predicted octanol–water partition coefficient (Wildman–Crippen LogP) is 3.97. The van der Waals surface area contributed by atoms with Gasteiger partial charge in [0.15, 0.2) is 21.9 Å². The molecule has 0 spiro atoms. The Bertz CT molecular complexity index is 3220. The maximum absolute atomic E-state index is 14.9. The van der Waals surface area contributed by atoms with E-state index in [4.69, 9.17) is 4.74 Å². The van der Waals surface area contributed by atoms with Crippen LogP contribution in [0.15, 0.2) is 72.2 Å². The molecule has 5 aromatic rings. The molecule has 23 heteroatoms. The number of likely N-dealkylation sites (tertiary alicyclic amines) is 1. The zero-order valence-corrected chi connectivity index (χ0v) is 46.8. The number of piperazine rings is 1. The van der Waals surface area contributed by atoms with Crippen molar-refractivity contribution in [2.24, 2.45) is 5.92 Å². The third-order valence-electron chi connectivity index (χ3n) is 15.9. The number of likely N-dealkylation sites (N-methyl/N-ethyl adjacent to an activating group) is 1. The normalized spacial score (nSPS) is 20.7. The van der Waals surface area contributed by atoms with E-state index in [1.807, 2.05) is 38.1 Å². The molecule has 9 rings (SSSR count). The van der Waals surface area contributed by atoms with E-state index < -0.39 is 62.0 Å². The highest BCUT2D eigenvalue weighted by Gasteiger charge is 2.47. The maximum Gasteiger partial charge on any atom is 0.271 e. The van der Waals surface area contributed by atoms with E-state index in [1.54, 1.807) is 65.2 Å². The quantitative estimate of drug-likeness (QED) is 0.0535. The fraction of sp³-hybridized carbons (Fsp3) is 0.500.